The molecule has 0 saturated heterocycles. The minimum atomic E-state index is 0.0322. The van der Waals surface area contributed by atoms with Gasteiger partial charge in [0.1, 0.15) is 0 Å². The maximum atomic E-state index is 12.5. The molecule has 0 bridgehead atoms. The number of aryl methyl sites for hydroxylation is 1. The van der Waals surface area contributed by atoms with Gasteiger partial charge in [-0.15, -0.1) is 0 Å². The molecule has 1 aliphatic heterocycles. The molecular formula is C16H15N5O. The molecule has 0 aromatic carbocycles. The van der Waals surface area contributed by atoms with Crippen LogP contribution in [0.4, 0.5) is 0 Å². The lowest BCUT2D eigenvalue weighted by atomic mass is 10.1. The van der Waals surface area contributed by atoms with Crippen LogP contribution >= 0.6 is 0 Å². The third-order valence-corrected chi connectivity index (χ3v) is 3.99. The zero-order chi connectivity index (χ0) is 15.1. The normalized spacial score (nSPS) is 14.1. The summed E-state index contributed by atoms with van der Waals surface area (Å²) in [6.45, 7) is 3.22. The van der Waals surface area contributed by atoms with E-state index in [0.717, 1.165) is 29.0 Å². The molecule has 4 heterocycles. The Balaban J connectivity index is 1.67. The summed E-state index contributed by atoms with van der Waals surface area (Å²) in [5, 5.41) is 4.50. The van der Waals surface area contributed by atoms with Crippen molar-refractivity contribution in [3.63, 3.8) is 0 Å². The Hall–Kier alpha value is -2.76. The van der Waals surface area contributed by atoms with Gasteiger partial charge in [-0.1, -0.05) is 0 Å². The lowest BCUT2D eigenvalue weighted by Gasteiger charge is -2.28. The molecule has 4 rings (SSSR count). The molecule has 22 heavy (non-hydrogen) atoms. The van der Waals surface area contributed by atoms with Gasteiger partial charge in [0, 0.05) is 55.3 Å². The lowest BCUT2D eigenvalue weighted by Crippen LogP contribution is -2.37. The number of carbonyl (C=O) groups is 1. The summed E-state index contributed by atoms with van der Waals surface area (Å²) in [5.74, 6) is 0.0322. The van der Waals surface area contributed by atoms with Gasteiger partial charge in [-0.3, -0.25) is 9.78 Å². The fourth-order valence-electron chi connectivity index (χ4n) is 2.91. The van der Waals surface area contributed by atoms with Crippen molar-refractivity contribution in [3.05, 3.63) is 59.3 Å². The van der Waals surface area contributed by atoms with E-state index < -0.39 is 0 Å². The van der Waals surface area contributed by atoms with Crippen LogP contribution in [0.3, 0.4) is 0 Å². The molecule has 0 unspecified atom stereocenters. The zero-order valence-corrected chi connectivity index (χ0v) is 12.2. The van der Waals surface area contributed by atoms with Crippen LogP contribution < -0.4 is 0 Å². The molecule has 1 aliphatic rings. The second-order valence-electron chi connectivity index (χ2n) is 5.50. The third kappa shape index (κ3) is 2.04. The van der Waals surface area contributed by atoms with E-state index in [2.05, 4.69) is 15.1 Å². The van der Waals surface area contributed by atoms with E-state index in [-0.39, 0.29) is 5.91 Å². The van der Waals surface area contributed by atoms with Crippen molar-refractivity contribution in [2.75, 3.05) is 6.54 Å². The topological polar surface area (TPSA) is 63.4 Å². The summed E-state index contributed by atoms with van der Waals surface area (Å²) >= 11 is 0. The fraction of sp³-hybridized carbons (Fsp3) is 0.250. The summed E-state index contributed by atoms with van der Waals surface area (Å²) in [5.41, 5.74) is 4.70. The van der Waals surface area contributed by atoms with Crippen molar-refractivity contribution in [1.82, 2.24) is 24.5 Å². The molecule has 3 aromatic heterocycles. The Morgan fingerprint density at radius 3 is 2.91 bits per heavy atom. The molecule has 0 saturated carbocycles. The number of aromatic nitrogens is 4. The van der Waals surface area contributed by atoms with Crippen molar-refractivity contribution >= 4 is 11.6 Å². The average Bonchev–Trinajstić information content (AvgIpc) is 2.95. The van der Waals surface area contributed by atoms with E-state index in [0.29, 0.717) is 18.7 Å². The Kier molecular flexibility index (Phi) is 2.89. The van der Waals surface area contributed by atoms with E-state index in [9.17, 15) is 4.79 Å². The number of hydrogen-bond acceptors (Lipinski definition) is 4. The Morgan fingerprint density at radius 1 is 1.27 bits per heavy atom. The average molecular weight is 293 g/mol. The smallest absolute Gasteiger partial charge is 0.254 e. The van der Waals surface area contributed by atoms with Crippen LogP contribution in [0, 0.1) is 6.92 Å². The summed E-state index contributed by atoms with van der Waals surface area (Å²) < 4.78 is 1.90. The largest absolute Gasteiger partial charge is 0.334 e. The summed E-state index contributed by atoms with van der Waals surface area (Å²) in [7, 11) is 0. The number of fused-ring (bicyclic) bond motifs is 3. The maximum Gasteiger partial charge on any atom is 0.254 e. The van der Waals surface area contributed by atoms with Crippen LogP contribution in [0.5, 0.6) is 0 Å². The molecule has 3 aromatic rings. The maximum absolute atomic E-state index is 12.5. The first kappa shape index (κ1) is 12.9. The number of rotatable bonds is 1. The van der Waals surface area contributed by atoms with Crippen molar-refractivity contribution < 1.29 is 4.79 Å². The van der Waals surface area contributed by atoms with Crippen LogP contribution in [0.25, 0.3) is 5.65 Å². The molecule has 6 heteroatoms. The van der Waals surface area contributed by atoms with Gasteiger partial charge >= 0.3 is 0 Å². The van der Waals surface area contributed by atoms with E-state index in [1.54, 1.807) is 24.5 Å². The summed E-state index contributed by atoms with van der Waals surface area (Å²) in [6.07, 6.45) is 5.93. The number of hydrogen-bond donors (Lipinski definition) is 0. The molecule has 0 atom stereocenters. The van der Waals surface area contributed by atoms with Crippen molar-refractivity contribution in [2.24, 2.45) is 0 Å². The van der Waals surface area contributed by atoms with E-state index in [1.807, 2.05) is 28.6 Å². The number of pyridine rings is 1. The Morgan fingerprint density at radius 2 is 2.09 bits per heavy atom. The van der Waals surface area contributed by atoms with Crippen LogP contribution in [0.1, 0.15) is 27.3 Å². The Labute approximate surface area is 127 Å². The van der Waals surface area contributed by atoms with Gasteiger partial charge in [-0.2, -0.15) is 5.10 Å². The quantitative estimate of drug-likeness (QED) is 0.684. The van der Waals surface area contributed by atoms with Crippen LogP contribution in [-0.4, -0.2) is 36.9 Å². The minimum absolute atomic E-state index is 0.0322. The summed E-state index contributed by atoms with van der Waals surface area (Å²) in [4.78, 5) is 22.8. The standard InChI is InChI=1S/C16H15N5O/c1-11-8-15-18-9-13-10-20(7-4-14(13)21(15)19-11)16(22)12-2-5-17-6-3-12/h2-3,5-6,8-9H,4,7,10H2,1H3. The van der Waals surface area contributed by atoms with Crippen molar-refractivity contribution in [2.45, 2.75) is 19.9 Å². The molecule has 0 aliphatic carbocycles. The minimum Gasteiger partial charge on any atom is -0.334 e. The second-order valence-corrected chi connectivity index (χ2v) is 5.50. The predicted molar refractivity (Wildman–Crippen MR) is 80.4 cm³/mol. The van der Waals surface area contributed by atoms with Gasteiger partial charge in [0.25, 0.3) is 5.91 Å². The SMILES string of the molecule is Cc1cc2ncc3c(n2n1)CCN(C(=O)c1ccncc1)C3. The van der Waals surface area contributed by atoms with E-state index in [4.69, 9.17) is 0 Å². The molecule has 6 nitrogen and oxygen atoms in total. The number of amides is 1. The molecular weight excluding hydrogens is 278 g/mol. The van der Waals surface area contributed by atoms with Gasteiger partial charge in [0.2, 0.25) is 0 Å². The first-order valence-corrected chi connectivity index (χ1v) is 7.25. The van der Waals surface area contributed by atoms with Crippen molar-refractivity contribution in [1.29, 1.82) is 0 Å². The molecule has 1 amide bonds. The predicted octanol–water partition coefficient (Wildman–Crippen LogP) is 1.63. The zero-order valence-electron chi connectivity index (χ0n) is 12.2. The molecule has 0 fully saturated rings. The van der Waals surface area contributed by atoms with Crippen LogP contribution in [0.15, 0.2) is 36.8 Å². The van der Waals surface area contributed by atoms with Gasteiger partial charge in [0.05, 0.1) is 11.4 Å². The monoisotopic (exact) mass is 293 g/mol. The Bertz CT molecular complexity index is 856. The lowest BCUT2D eigenvalue weighted by molar-refractivity contribution is 0.0732. The molecule has 0 spiro atoms. The third-order valence-electron chi connectivity index (χ3n) is 3.99. The van der Waals surface area contributed by atoms with Gasteiger partial charge < -0.3 is 4.90 Å². The highest BCUT2D eigenvalue weighted by atomic mass is 16.2. The molecule has 0 N–H and O–H groups in total. The van der Waals surface area contributed by atoms with E-state index >= 15 is 0 Å². The molecule has 110 valence electrons. The molecule has 0 radical (unpaired) electrons. The van der Waals surface area contributed by atoms with E-state index in [1.165, 1.54) is 0 Å². The van der Waals surface area contributed by atoms with Gasteiger partial charge in [-0.25, -0.2) is 9.50 Å². The van der Waals surface area contributed by atoms with Gasteiger partial charge in [-0.05, 0) is 19.1 Å². The van der Waals surface area contributed by atoms with Crippen molar-refractivity contribution in [3.8, 4) is 0 Å². The van der Waals surface area contributed by atoms with Crippen LogP contribution in [-0.2, 0) is 13.0 Å². The highest BCUT2D eigenvalue weighted by molar-refractivity contribution is 5.94. The van der Waals surface area contributed by atoms with Crippen LogP contribution in [0.2, 0.25) is 0 Å². The fourth-order valence-corrected chi connectivity index (χ4v) is 2.91. The second kappa shape index (κ2) is 4.91. The van der Waals surface area contributed by atoms with Gasteiger partial charge in [0.15, 0.2) is 5.65 Å². The first-order chi connectivity index (χ1) is 10.7. The summed E-state index contributed by atoms with van der Waals surface area (Å²) in [6, 6.07) is 5.46. The number of nitrogens with zero attached hydrogens (tertiary/aromatic N) is 5. The highest BCUT2D eigenvalue weighted by Gasteiger charge is 2.24. The highest BCUT2D eigenvalue weighted by Crippen LogP contribution is 2.21. The number of carbonyl (C=O) groups excluding carboxylic acids is 1. The first-order valence-electron chi connectivity index (χ1n) is 7.25.